The van der Waals surface area contributed by atoms with Crippen LogP contribution in [0.25, 0.3) is 11.3 Å². The summed E-state index contributed by atoms with van der Waals surface area (Å²) in [4.78, 5) is 8.97. The molecule has 0 fully saturated rings. The van der Waals surface area contributed by atoms with E-state index in [4.69, 9.17) is 16.3 Å². The van der Waals surface area contributed by atoms with Crippen LogP contribution in [-0.4, -0.2) is 16.6 Å². The summed E-state index contributed by atoms with van der Waals surface area (Å²) in [5.74, 6) is 1.64. The Kier molecular flexibility index (Phi) is 4.96. The first kappa shape index (κ1) is 14.8. The predicted molar refractivity (Wildman–Crippen MR) is 82.4 cm³/mol. The summed E-state index contributed by atoms with van der Waals surface area (Å²) < 4.78 is 5.54. The summed E-state index contributed by atoms with van der Waals surface area (Å²) in [6.07, 6.45) is 1.83. The lowest BCUT2D eigenvalue weighted by molar-refractivity contribution is 0.340. The molecule has 20 heavy (non-hydrogen) atoms. The maximum Gasteiger partial charge on any atom is 0.136 e. The van der Waals surface area contributed by atoms with E-state index in [1.54, 1.807) is 0 Å². The molecule has 106 valence electrons. The quantitative estimate of drug-likeness (QED) is 0.763. The van der Waals surface area contributed by atoms with Crippen molar-refractivity contribution >= 4 is 11.6 Å². The van der Waals surface area contributed by atoms with Gasteiger partial charge in [-0.1, -0.05) is 30.7 Å². The number of benzene rings is 1. The topological polar surface area (TPSA) is 35.0 Å². The summed E-state index contributed by atoms with van der Waals surface area (Å²) in [6.45, 7) is 6.67. The molecule has 0 aliphatic carbocycles. The van der Waals surface area contributed by atoms with Crippen LogP contribution in [0.2, 0.25) is 5.15 Å². The first-order chi connectivity index (χ1) is 9.65. The fourth-order valence-corrected chi connectivity index (χ4v) is 2.24. The largest absolute Gasteiger partial charge is 0.494 e. The van der Waals surface area contributed by atoms with Gasteiger partial charge in [0.15, 0.2) is 0 Å². The number of ether oxygens (including phenoxy) is 1. The zero-order chi connectivity index (χ0) is 14.5. The number of hydrogen-bond acceptors (Lipinski definition) is 3. The van der Waals surface area contributed by atoms with Gasteiger partial charge in [-0.25, -0.2) is 9.97 Å². The number of halogens is 1. The smallest absolute Gasteiger partial charge is 0.136 e. The Hall–Kier alpha value is -1.61. The van der Waals surface area contributed by atoms with E-state index in [9.17, 15) is 0 Å². The second-order valence-corrected chi connectivity index (χ2v) is 4.97. The third kappa shape index (κ3) is 3.28. The zero-order valence-electron chi connectivity index (χ0n) is 12.1. The van der Waals surface area contributed by atoms with Gasteiger partial charge in [0.05, 0.1) is 12.3 Å². The highest BCUT2D eigenvalue weighted by Gasteiger charge is 2.11. The maximum absolute atomic E-state index is 6.22. The van der Waals surface area contributed by atoms with Crippen molar-refractivity contribution in [2.24, 2.45) is 0 Å². The first-order valence-corrected chi connectivity index (χ1v) is 7.29. The second-order valence-electron chi connectivity index (χ2n) is 4.62. The van der Waals surface area contributed by atoms with Crippen LogP contribution in [-0.2, 0) is 6.42 Å². The van der Waals surface area contributed by atoms with Gasteiger partial charge in [0, 0.05) is 17.5 Å². The molecule has 1 heterocycles. The van der Waals surface area contributed by atoms with Crippen molar-refractivity contribution in [2.45, 2.75) is 33.6 Å². The van der Waals surface area contributed by atoms with E-state index < -0.39 is 0 Å². The molecule has 0 bridgehead atoms. The molecular formula is C16H19ClN2O. The third-order valence-corrected chi connectivity index (χ3v) is 3.39. The van der Waals surface area contributed by atoms with Crippen LogP contribution >= 0.6 is 11.6 Å². The molecule has 0 spiro atoms. The Bertz CT molecular complexity index is 599. The van der Waals surface area contributed by atoms with Gasteiger partial charge in [-0.2, -0.15) is 0 Å². The minimum Gasteiger partial charge on any atom is -0.494 e. The Balaban J connectivity index is 2.47. The van der Waals surface area contributed by atoms with E-state index in [1.165, 1.54) is 0 Å². The molecule has 0 amide bonds. The van der Waals surface area contributed by atoms with Crippen molar-refractivity contribution in [2.75, 3.05) is 6.61 Å². The van der Waals surface area contributed by atoms with Crippen molar-refractivity contribution < 1.29 is 4.74 Å². The molecule has 3 nitrogen and oxygen atoms in total. The molecular weight excluding hydrogens is 272 g/mol. The zero-order valence-corrected chi connectivity index (χ0v) is 12.9. The summed E-state index contributed by atoms with van der Waals surface area (Å²) in [6, 6.07) is 7.92. The number of nitrogens with zero attached hydrogens (tertiary/aromatic N) is 2. The van der Waals surface area contributed by atoms with Gasteiger partial charge < -0.3 is 4.74 Å². The van der Waals surface area contributed by atoms with Gasteiger partial charge in [-0.05, 0) is 32.4 Å². The number of rotatable bonds is 5. The van der Waals surface area contributed by atoms with E-state index in [1.807, 2.05) is 38.1 Å². The number of hydrogen-bond donors (Lipinski definition) is 0. The van der Waals surface area contributed by atoms with E-state index >= 15 is 0 Å². The van der Waals surface area contributed by atoms with Crippen LogP contribution in [0.5, 0.6) is 5.75 Å². The van der Waals surface area contributed by atoms with Crippen molar-refractivity contribution in [3.63, 3.8) is 0 Å². The molecule has 0 saturated carbocycles. The van der Waals surface area contributed by atoms with Gasteiger partial charge in [0.25, 0.3) is 0 Å². The number of aryl methyl sites for hydroxylation is 1. The molecule has 0 aliphatic heterocycles. The fraction of sp³-hybridized carbons (Fsp3) is 0.375. The molecule has 0 aliphatic rings. The van der Waals surface area contributed by atoms with Crippen LogP contribution in [0.15, 0.2) is 24.3 Å². The standard InChI is InChI=1S/C16H19ClN2O/c1-4-7-14-18-15(11(3)16(17)19-14)12-8-6-9-13(10-12)20-5-2/h6,8-10H,4-5,7H2,1-3H3. The summed E-state index contributed by atoms with van der Waals surface area (Å²) in [7, 11) is 0. The Morgan fingerprint density at radius 2 is 2.00 bits per heavy atom. The second kappa shape index (κ2) is 6.71. The first-order valence-electron chi connectivity index (χ1n) is 6.92. The van der Waals surface area contributed by atoms with E-state index in [-0.39, 0.29) is 0 Å². The maximum atomic E-state index is 6.22. The van der Waals surface area contributed by atoms with E-state index in [0.29, 0.717) is 11.8 Å². The highest BCUT2D eigenvalue weighted by molar-refractivity contribution is 6.30. The highest BCUT2D eigenvalue weighted by atomic mass is 35.5. The minimum absolute atomic E-state index is 0.528. The SMILES string of the molecule is CCCc1nc(Cl)c(C)c(-c2cccc(OCC)c2)n1. The van der Waals surface area contributed by atoms with Crippen LogP contribution < -0.4 is 4.74 Å². The Morgan fingerprint density at radius 1 is 1.20 bits per heavy atom. The van der Waals surface area contributed by atoms with Gasteiger partial charge in [-0.15, -0.1) is 0 Å². The lowest BCUT2D eigenvalue weighted by atomic mass is 10.1. The molecule has 0 radical (unpaired) electrons. The van der Waals surface area contributed by atoms with Gasteiger partial charge >= 0.3 is 0 Å². The van der Waals surface area contributed by atoms with Crippen molar-refractivity contribution in [3.8, 4) is 17.0 Å². The molecule has 0 N–H and O–H groups in total. The van der Waals surface area contributed by atoms with Crippen LogP contribution in [0, 0.1) is 6.92 Å². The minimum atomic E-state index is 0.528. The summed E-state index contributed by atoms with van der Waals surface area (Å²) >= 11 is 6.22. The molecule has 0 atom stereocenters. The normalized spacial score (nSPS) is 10.6. The monoisotopic (exact) mass is 290 g/mol. The van der Waals surface area contributed by atoms with E-state index in [2.05, 4.69) is 16.9 Å². The molecule has 4 heteroatoms. The molecule has 2 aromatic rings. The average molecular weight is 291 g/mol. The van der Waals surface area contributed by atoms with E-state index in [0.717, 1.165) is 41.2 Å². The van der Waals surface area contributed by atoms with Crippen molar-refractivity contribution in [1.82, 2.24) is 9.97 Å². The van der Waals surface area contributed by atoms with Gasteiger partial charge in [0.2, 0.25) is 0 Å². The lowest BCUT2D eigenvalue weighted by Crippen LogP contribution is -2.01. The molecule has 0 unspecified atom stereocenters. The van der Waals surface area contributed by atoms with Gasteiger partial charge in [-0.3, -0.25) is 0 Å². The van der Waals surface area contributed by atoms with Crippen LogP contribution in [0.3, 0.4) is 0 Å². The Labute approximate surface area is 125 Å². The summed E-state index contributed by atoms with van der Waals surface area (Å²) in [5, 5.41) is 0.528. The highest BCUT2D eigenvalue weighted by Crippen LogP contribution is 2.28. The fourth-order valence-electron chi connectivity index (χ4n) is 2.05. The molecule has 1 aromatic carbocycles. The molecule has 1 aromatic heterocycles. The van der Waals surface area contributed by atoms with Crippen molar-refractivity contribution in [1.29, 1.82) is 0 Å². The number of aromatic nitrogens is 2. The van der Waals surface area contributed by atoms with Crippen LogP contribution in [0.1, 0.15) is 31.7 Å². The third-order valence-electron chi connectivity index (χ3n) is 3.02. The Morgan fingerprint density at radius 3 is 2.70 bits per heavy atom. The predicted octanol–water partition coefficient (Wildman–Crippen LogP) is 4.46. The van der Waals surface area contributed by atoms with Gasteiger partial charge in [0.1, 0.15) is 16.7 Å². The van der Waals surface area contributed by atoms with Crippen LogP contribution in [0.4, 0.5) is 0 Å². The van der Waals surface area contributed by atoms with Crippen molar-refractivity contribution in [3.05, 3.63) is 40.8 Å². The molecule has 2 rings (SSSR count). The lowest BCUT2D eigenvalue weighted by Gasteiger charge is -2.10. The summed E-state index contributed by atoms with van der Waals surface area (Å²) in [5.41, 5.74) is 2.80. The molecule has 0 saturated heterocycles. The average Bonchev–Trinajstić information content (AvgIpc) is 2.43.